The van der Waals surface area contributed by atoms with Gasteiger partial charge in [0.2, 0.25) is 0 Å². The van der Waals surface area contributed by atoms with Crippen molar-refractivity contribution in [2.45, 2.75) is 12.3 Å². The third-order valence-corrected chi connectivity index (χ3v) is 2.70. The van der Waals surface area contributed by atoms with Gasteiger partial charge in [-0.1, -0.05) is 15.9 Å². The third-order valence-electron chi connectivity index (χ3n) is 2.14. The lowest BCUT2D eigenvalue weighted by Gasteiger charge is -2.11. The molecular weight excluding hydrogens is 248 g/mol. The molecule has 0 spiro atoms. The van der Waals surface area contributed by atoms with Gasteiger partial charge in [0.1, 0.15) is 5.75 Å². The average molecular weight is 259 g/mol. The fourth-order valence-electron chi connectivity index (χ4n) is 1.32. The van der Waals surface area contributed by atoms with Gasteiger partial charge in [0.25, 0.3) is 0 Å². The van der Waals surface area contributed by atoms with E-state index in [2.05, 4.69) is 15.9 Å². The van der Waals surface area contributed by atoms with Crippen molar-refractivity contribution >= 4 is 21.9 Å². The molecule has 0 bridgehead atoms. The Labute approximate surface area is 90.8 Å². The molecular formula is C10H11BrO3. The van der Waals surface area contributed by atoms with E-state index in [4.69, 9.17) is 9.84 Å². The summed E-state index contributed by atoms with van der Waals surface area (Å²) in [5.74, 6) is -0.197. The normalized spacial score (nSPS) is 9.93. The Balaban J connectivity index is 3.34. The SMILES string of the molecule is COc1ccc(C(=O)O)c(C)c1CBr. The lowest BCUT2D eigenvalue weighted by atomic mass is 10.0. The molecule has 0 radical (unpaired) electrons. The van der Waals surface area contributed by atoms with Crippen LogP contribution in [0.25, 0.3) is 0 Å². The summed E-state index contributed by atoms with van der Waals surface area (Å²) in [5.41, 5.74) is 1.95. The Hall–Kier alpha value is -1.03. The number of ether oxygens (including phenoxy) is 1. The Morgan fingerprint density at radius 1 is 1.57 bits per heavy atom. The van der Waals surface area contributed by atoms with Gasteiger partial charge in [-0.2, -0.15) is 0 Å². The van der Waals surface area contributed by atoms with Crippen LogP contribution >= 0.6 is 15.9 Å². The van der Waals surface area contributed by atoms with Crippen LogP contribution in [0.3, 0.4) is 0 Å². The fourth-order valence-corrected chi connectivity index (χ4v) is 2.02. The summed E-state index contributed by atoms with van der Waals surface area (Å²) in [6.45, 7) is 1.78. The zero-order valence-electron chi connectivity index (χ0n) is 8.00. The first-order chi connectivity index (χ1) is 6.61. The molecule has 0 saturated heterocycles. The first-order valence-electron chi connectivity index (χ1n) is 4.07. The maximum absolute atomic E-state index is 10.8. The number of aromatic carboxylic acids is 1. The molecule has 76 valence electrons. The van der Waals surface area contributed by atoms with E-state index in [1.165, 1.54) is 0 Å². The molecule has 0 fully saturated rings. The highest BCUT2D eigenvalue weighted by Gasteiger charge is 2.13. The summed E-state index contributed by atoms with van der Waals surface area (Å²) in [7, 11) is 1.57. The molecule has 0 aliphatic carbocycles. The van der Waals surface area contributed by atoms with Crippen molar-refractivity contribution in [3.8, 4) is 5.75 Å². The second kappa shape index (κ2) is 4.46. The lowest BCUT2D eigenvalue weighted by molar-refractivity contribution is 0.0696. The lowest BCUT2D eigenvalue weighted by Crippen LogP contribution is -2.03. The molecule has 4 heteroatoms. The van der Waals surface area contributed by atoms with Gasteiger partial charge in [-0.15, -0.1) is 0 Å². The molecule has 1 N–H and O–H groups in total. The van der Waals surface area contributed by atoms with Gasteiger partial charge in [-0.25, -0.2) is 4.79 Å². The van der Waals surface area contributed by atoms with Gasteiger partial charge in [0.05, 0.1) is 12.7 Å². The monoisotopic (exact) mass is 258 g/mol. The number of carboxylic acid groups (broad SMARTS) is 1. The van der Waals surface area contributed by atoms with Crippen LogP contribution in [0.15, 0.2) is 12.1 Å². The molecule has 0 aliphatic rings. The van der Waals surface area contributed by atoms with Crippen molar-refractivity contribution in [3.63, 3.8) is 0 Å². The molecule has 1 aromatic carbocycles. The number of rotatable bonds is 3. The van der Waals surface area contributed by atoms with Gasteiger partial charge in [-0.3, -0.25) is 0 Å². The van der Waals surface area contributed by atoms with E-state index in [9.17, 15) is 4.79 Å². The second-order valence-electron chi connectivity index (χ2n) is 2.86. The maximum Gasteiger partial charge on any atom is 0.335 e. The average Bonchev–Trinajstić information content (AvgIpc) is 2.16. The van der Waals surface area contributed by atoms with E-state index in [-0.39, 0.29) is 0 Å². The zero-order valence-corrected chi connectivity index (χ0v) is 9.59. The maximum atomic E-state index is 10.8. The highest BCUT2D eigenvalue weighted by Crippen LogP contribution is 2.27. The van der Waals surface area contributed by atoms with E-state index >= 15 is 0 Å². The summed E-state index contributed by atoms with van der Waals surface area (Å²) in [6, 6.07) is 3.23. The molecule has 14 heavy (non-hydrogen) atoms. The standard InChI is InChI=1S/C10H11BrO3/c1-6-7(10(12)13)3-4-9(14-2)8(6)5-11/h3-4H,5H2,1-2H3,(H,12,13). The predicted octanol–water partition coefficient (Wildman–Crippen LogP) is 2.60. The summed E-state index contributed by atoms with van der Waals surface area (Å²) in [5, 5.41) is 9.48. The number of halogens is 1. The van der Waals surface area contributed by atoms with Crippen LogP contribution in [0.4, 0.5) is 0 Å². The number of hydrogen-bond acceptors (Lipinski definition) is 2. The number of carboxylic acids is 1. The molecule has 0 heterocycles. The number of methoxy groups -OCH3 is 1. The van der Waals surface area contributed by atoms with Gasteiger partial charge in [0, 0.05) is 10.9 Å². The van der Waals surface area contributed by atoms with E-state index < -0.39 is 5.97 Å². The number of carbonyl (C=O) groups is 1. The van der Waals surface area contributed by atoms with Crippen molar-refractivity contribution in [1.29, 1.82) is 0 Å². The molecule has 0 amide bonds. The molecule has 1 aromatic rings. The van der Waals surface area contributed by atoms with Crippen LogP contribution in [-0.4, -0.2) is 18.2 Å². The minimum Gasteiger partial charge on any atom is -0.496 e. The summed E-state index contributed by atoms with van der Waals surface area (Å²) in [6.07, 6.45) is 0. The predicted molar refractivity (Wildman–Crippen MR) is 57.3 cm³/mol. The highest BCUT2D eigenvalue weighted by atomic mass is 79.9. The van der Waals surface area contributed by atoms with Gasteiger partial charge < -0.3 is 9.84 Å². The summed E-state index contributed by atoms with van der Waals surface area (Å²) in [4.78, 5) is 10.8. The molecule has 0 aromatic heterocycles. The molecule has 3 nitrogen and oxygen atoms in total. The van der Waals surface area contributed by atoms with Crippen LogP contribution < -0.4 is 4.74 Å². The van der Waals surface area contributed by atoms with Crippen LogP contribution in [-0.2, 0) is 5.33 Å². The number of alkyl halides is 1. The smallest absolute Gasteiger partial charge is 0.335 e. The summed E-state index contributed by atoms with van der Waals surface area (Å²) < 4.78 is 5.13. The first kappa shape index (κ1) is 11.0. The van der Waals surface area contributed by atoms with Crippen LogP contribution in [0, 0.1) is 6.92 Å². The quantitative estimate of drug-likeness (QED) is 0.848. The largest absolute Gasteiger partial charge is 0.496 e. The molecule has 0 unspecified atom stereocenters. The molecule has 0 aliphatic heterocycles. The molecule has 1 rings (SSSR count). The number of benzene rings is 1. The minimum atomic E-state index is -0.910. The summed E-state index contributed by atoms with van der Waals surface area (Å²) >= 11 is 3.31. The van der Waals surface area contributed by atoms with Gasteiger partial charge in [0.15, 0.2) is 0 Å². The molecule has 0 atom stereocenters. The van der Waals surface area contributed by atoms with E-state index in [0.29, 0.717) is 16.6 Å². The van der Waals surface area contributed by atoms with Gasteiger partial charge in [-0.05, 0) is 24.6 Å². The molecule has 0 saturated carbocycles. The first-order valence-corrected chi connectivity index (χ1v) is 5.19. The Kier molecular flexibility index (Phi) is 3.52. The Morgan fingerprint density at radius 2 is 2.21 bits per heavy atom. The van der Waals surface area contributed by atoms with Crippen molar-refractivity contribution in [1.82, 2.24) is 0 Å². The Bertz CT molecular complexity index is 361. The number of hydrogen-bond donors (Lipinski definition) is 1. The van der Waals surface area contributed by atoms with Crippen molar-refractivity contribution < 1.29 is 14.6 Å². The van der Waals surface area contributed by atoms with Crippen LogP contribution in [0.2, 0.25) is 0 Å². The van der Waals surface area contributed by atoms with E-state index in [0.717, 1.165) is 11.1 Å². The fraction of sp³-hybridized carbons (Fsp3) is 0.300. The van der Waals surface area contributed by atoms with Gasteiger partial charge >= 0.3 is 5.97 Å². The Morgan fingerprint density at radius 3 is 2.64 bits per heavy atom. The van der Waals surface area contributed by atoms with E-state index in [1.807, 2.05) is 0 Å². The topological polar surface area (TPSA) is 46.5 Å². The van der Waals surface area contributed by atoms with E-state index in [1.54, 1.807) is 26.2 Å². The van der Waals surface area contributed by atoms with Crippen molar-refractivity contribution in [2.75, 3.05) is 7.11 Å². The van der Waals surface area contributed by atoms with Crippen molar-refractivity contribution in [2.24, 2.45) is 0 Å². The van der Waals surface area contributed by atoms with Crippen LogP contribution in [0.5, 0.6) is 5.75 Å². The zero-order chi connectivity index (χ0) is 10.7. The minimum absolute atomic E-state index is 0.320. The second-order valence-corrected chi connectivity index (χ2v) is 3.42. The highest BCUT2D eigenvalue weighted by molar-refractivity contribution is 9.08. The third kappa shape index (κ3) is 1.90. The van der Waals surface area contributed by atoms with Crippen LogP contribution in [0.1, 0.15) is 21.5 Å². The van der Waals surface area contributed by atoms with Crippen molar-refractivity contribution in [3.05, 3.63) is 28.8 Å².